The van der Waals surface area contributed by atoms with Crippen LogP contribution in [-0.2, 0) is 4.79 Å². The third-order valence-electron chi connectivity index (χ3n) is 2.95. The normalized spacial score (nSPS) is 21.8. The highest BCUT2D eigenvalue weighted by Gasteiger charge is 2.38. The van der Waals surface area contributed by atoms with Gasteiger partial charge in [-0.05, 0) is 18.6 Å². The standard InChI is InChI=1S/C12H12N2OS/c1-2-9-7-13-10-5-3-4-6-11(10)16-12(13)14(9)8-15/h3-8,12H,2H2,1H3. The summed E-state index contributed by atoms with van der Waals surface area (Å²) in [5, 5.41) is 0. The van der Waals surface area contributed by atoms with Crippen LogP contribution in [0.4, 0.5) is 5.69 Å². The predicted molar refractivity (Wildman–Crippen MR) is 64.8 cm³/mol. The summed E-state index contributed by atoms with van der Waals surface area (Å²) in [6.07, 6.45) is 3.89. The smallest absolute Gasteiger partial charge is 0.216 e. The summed E-state index contributed by atoms with van der Waals surface area (Å²) < 4.78 is 0. The van der Waals surface area contributed by atoms with Crippen molar-refractivity contribution in [3.8, 4) is 0 Å². The minimum absolute atomic E-state index is 0.0878. The van der Waals surface area contributed by atoms with Gasteiger partial charge in [0.2, 0.25) is 6.41 Å². The zero-order chi connectivity index (χ0) is 11.1. The van der Waals surface area contributed by atoms with Gasteiger partial charge < -0.3 is 4.90 Å². The molecular formula is C12H12N2OS. The average molecular weight is 232 g/mol. The SMILES string of the molecule is CCC1=CN2c3ccccc3SC2N1C=O. The van der Waals surface area contributed by atoms with Crippen molar-refractivity contribution in [3.05, 3.63) is 36.2 Å². The van der Waals surface area contributed by atoms with Crippen molar-refractivity contribution in [2.45, 2.75) is 23.7 Å². The third kappa shape index (κ3) is 1.19. The Morgan fingerprint density at radius 2 is 2.25 bits per heavy atom. The van der Waals surface area contributed by atoms with E-state index in [1.165, 1.54) is 10.6 Å². The topological polar surface area (TPSA) is 23.6 Å². The minimum atomic E-state index is 0.0878. The largest absolute Gasteiger partial charge is 0.315 e. The van der Waals surface area contributed by atoms with E-state index in [2.05, 4.69) is 30.2 Å². The molecule has 1 aromatic carbocycles. The molecule has 1 unspecified atom stereocenters. The number of hydrogen-bond acceptors (Lipinski definition) is 3. The van der Waals surface area contributed by atoms with E-state index in [0.717, 1.165) is 18.5 Å². The van der Waals surface area contributed by atoms with Gasteiger partial charge >= 0.3 is 0 Å². The number of thioether (sulfide) groups is 1. The van der Waals surface area contributed by atoms with Gasteiger partial charge in [0, 0.05) is 16.8 Å². The van der Waals surface area contributed by atoms with Gasteiger partial charge in [0.1, 0.15) is 0 Å². The van der Waals surface area contributed by atoms with E-state index in [4.69, 9.17) is 0 Å². The monoisotopic (exact) mass is 232 g/mol. The van der Waals surface area contributed by atoms with Crippen LogP contribution in [0.2, 0.25) is 0 Å². The highest BCUT2D eigenvalue weighted by Crippen LogP contribution is 2.48. The average Bonchev–Trinajstić information content (AvgIpc) is 2.83. The molecular weight excluding hydrogens is 220 g/mol. The summed E-state index contributed by atoms with van der Waals surface area (Å²) in [7, 11) is 0. The second-order valence-corrected chi connectivity index (χ2v) is 4.90. The van der Waals surface area contributed by atoms with E-state index in [1.807, 2.05) is 17.0 Å². The van der Waals surface area contributed by atoms with Gasteiger partial charge in [-0.25, -0.2) is 0 Å². The second kappa shape index (κ2) is 3.56. The molecule has 0 aromatic heterocycles. The maximum Gasteiger partial charge on any atom is 0.216 e. The second-order valence-electron chi connectivity index (χ2n) is 3.81. The van der Waals surface area contributed by atoms with E-state index in [9.17, 15) is 4.79 Å². The molecule has 0 saturated carbocycles. The Kier molecular flexibility index (Phi) is 2.17. The van der Waals surface area contributed by atoms with E-state index in [1.54, 1.807) is 11.8 Å². The van der Waals surface area contributed by atoms with Crippen molar-refractivity contribution >= 4 is 23.9 Å². The van der Waals surface area contributed by atoms with Gasteiger partial charge in [-0.2, -0.15) is 0 Å². The maximum absolute atomic E-state index is 11.1. The molecule has 0 fully saturated rings. The quantitative estimate of drug-likeness (QED) is 0.732. The number of amides is 1. The Hall–Kier alpha value is -1.42. The van der Waals surface area contributed by atoms with Gasteiger partial charge in [0.15, 0.2) is 5.50 Å². The molecule has 1 atom stereocenters. The van der Waals surface area contributed by atoms with Crippen molar-refractivity contribution in [3.63, 3.8) is 0 Å². The summed E-state index contributed by atoms with van der Waals surface area (Å²) >= 11 is 1.73. The van der Waals surface area contributed by atoms with Crippen LogP contribution in [0.3, 0.4) is 0 Å². The molecule has 2 heterocycles. The van der Waals surface area contributed by atoms with Crippen LogP contribution in [-0.4, -0.2) is 16.8 Å². The summed E-state index contributed by atoms with van der Waals surface area (Å²) in [5.41, 5.74) is 2.37. The molecule has 82 valence electrons. The molecule has 2 aliphatic rings. The number of carbonyl (C=O) groups excluding carboxylic acids is 1. The highest BCUT2D eigenvalue weighted by molar-refractivity contribution is 8.00. The summed E-state index contributed by atoms with van der Waals surface area (Å²) in [5.74, 6) is 0. The molecule has 0 N–H and O–H groups in total. The van der Waals surface area contributed by atoms with E-state index < -0.39 is 0 Å². The van der Waals surface area contributed by atoms with E-state index in [0.29, 0.717) is 0 Å². The van der Waals surface area contributed by atoms with Gasteiger partial charge in [0.25, 0.3) is 0 Å². The van der Waals surface area contributed by atoms with Gasteiger partial charge in [-0.15, -0.1) is 0 Å². The van der Waals surface area contributed by atoms with Crippen LogP contribution in [0.1, 0.15) is 13.3 Å². The van der Waals surface area contributed by atoms with Crippen molar-refractivity contribution < 1.29 is 4.79 Å². The molecule has 1 aromatic rings. The molecule has 0 spiro atoms. The van der Waals surface area contributed by atoms with E-state index in [-0.39, 0.29) is 5.50 Å². The highest BCUT2D eigenvalue weighted by atomic mass is 32.2. The number of nitrogens with zero attached hydrogens (tertiary/aromatic N) is 2. The Morgan fingerprint density at radius 1 is 1.44 bits per heavy atom. The molecule has 3 rings (SSSR count). The van der Waals surface area contributed by atoms with Gasteiger partial charge in [0.05, 0.1) is 5.69 Å². The van der Waals surface area contributed by atoms with Crippen molar-refractivity contribution in [2.75, 3.05) is 4.90 Å². The Balaban J connectivity index is 2.04. The van der Waals surface area contributed by atoms with Crippen LogP contribution < -0.4 is 4.90 Å². The summed E-state index contributed by atoms with van der Waals surface area (Å²) in [6, 6.07) is 8.26. The maximum atomic E-state index is 11.1. The first kappa shape index (κ1) is 9.78. The first-order valence-corrected chi connectivity index (χ1v) is 6.21. The molecule has 0 aliphatic carbocycles. The van der Waals surface area contributed by atoms with Crippen LogP contribution in [0, 0.1) is 0 Å². The van der Waals surface area contributed by atoms with Crippen molar-refractivity contribution in [1.29, 1.82) is 0 Å². The molecule has 16 heavy (non-hydrogen) atoms. The number of para-hydroxylation sites is 1. The lowest BCUT2D eigenvalue weighted by atomic mass is 10.3. The lowest BCUT2D eigenvalue weighted by Gasteiger charge is -2.22. The Labute approximate surface area is 98.7 Å². The van der Waals surface area contributed by atoms with E-state index >= 15 is 0 Å². The summed E-state index contributed by atoms with van der Waals surface area (Å²) in [4.78, 5) is 16.3. The fraction of sp³-hybridized carbons (Fsp3) is 0.250. The van der Waals surface area contributed by atoms with Crippen LogP contribution in [0.15, 0.2) is 41.1 Å². The number of hydrogen-bond donors (Lipinski definition) is 0. The molecule has 0 saturated heterocycles. The van der Waals surface area contributed by atoms with Gasteiger partial charge in [-0.3, -0.25) is 9.69 Å². The van der Waals surface area contributed by atoms with Crippen LogP contribution in [0.5, 0.6) is 0 Å². The molecule has 1 amide bonds. The minimum Gasteiger partial charge on any atom is -0.315 e. The first-order chi connectivity index (χ1) is 7.85. The molecule has 0 radical (unpaired) electrons. The number of rotatable bonds is 2. The number of allylic oxidation sites excluding steroid dienone is 1. The summed E-state index contributed by atoms with van der Waals surface area (Å²) in [6.45, 7) is 2.07. The Bertz CT molecular complexity index is 472. The van der Waals surface area contributed by atoms with Gasteiger partial charge in [-0.1, -0.05) is 30.8 Å². The predicted octanol–water partition coefficient (Wildman–Crippen LogP) is 2.61. The Morgan fingerprint density at radius 3 is 3.00 bits per heavy atom. The van der Waals surface area contributed by atoms with Crippen molar-refractivity contribution in [2.24, 2.45) is 0 Å². The fourth-order valence-corrected chi connectivity index (χ4v) is 3.41. The molecule has 0 bridgehead atoms. The lowest BCUT2D eigenvalue weighted by molar-refractivity contribution is -0.116. The number of carbonyl (C=O) groups is 1. The third-order valence-corrected chi connectivity index (χ3v) is 4.21. The van der Waals surface area contributed by atoms with Crippen LogP contribution >= 0.6 is 11.8 Å². The molecule has 4 heteroatoms. The number of benzene rings is 1. The fourth-order valence-electron chi connectivity index (χ4n) is 2.15. The van der Waals surface area contributed by atoms with Crippen LogP contribution in [0.25, 0.3) is 0 Å². The first-order valence-electron chi connectivity index (χ1n) is 5.33. The molecule has 2 aliphatic heterocycles. The number of fused-ring (bicyclic) bond motifs is 3. The molecule has 3 nitrogen and oxygen atoms in total. The zero-order valence-corrected chi connectivity index (χ0v) is 9.78. The van der Waals surface area contributed by atoms with Crippen molar-refractivity contribution in [1.82, 2.24) is 4.90 Å². The zero-order valence-electron chi connectivity index (χ0n) is 8.96. The lowest BCUT2D eigenvalue weighted by Crippen LogP contribution is -2.33. The number of anilines is 1.